The lowest BCUT2D eigenvalue weighted by Crippen LogP contribution is -2.46. The van der Waals surface area contributed by atoms with Crippen LogP contribution in [0, 0.1) is 0 Å². The highest BCUT2D eigenvalue weighted by Crippen LogP contribution is 2.59. The molecule has 0 heterocycles. The number of anilines is 1. The van der Waals surface area contributed by atoms with Gasteiger partial charge in [0.2, 0.25) is 0 Å². The van der Waals surface area contributed by atoms with Crippen LogP contribution in [-0.4, -0.2) is 14.1 Å². The van der Waals surface area contributed by atoms with Crippen molar-refractivity contribution in [3.05, 3.63) is 130 Å². The maximum atomic E-state index is 7.03. The predicted molar refractivity (Wildman–Crippen MR) is 122 cm³/mol. The van der Waals surface area contributed by atoms with Crippen LogP contribution >= 0.6 is 0 Å². The van der Waals surface area contributed by atoms with Gasteiger partial charge in [0, 0.05) is 42.4 Å². The molecule has 2 nitrogen and oxygen atoms in total. The summed E-state index contributed by atoms with van der Waals surface area (Å²) in [6.45, 7) is 0. The lowest BCUT2D eigenvalue weighted by atomic mass is 9.58. The summed E-state index contributed by atoms with van der Waals surface area (Å²) in [7, 11) is 4.11. The molecule has 2 bridgehead atoms. The molecule has 0 atom stereocenters. The van der Waals surface area contributed by atoms with Crippen molar-refractivity contribution in [3.8, 4) is 5.75 Å². The molecule has 3 aliphatic rings. The van der Waals surface area contributed by atoms with Crippen molar-refractivity contribution in [1.29, 1.82) is 0 Å². The second-order valence-electron chi connectivity index (χ2n) is 8.37. The van der Waals surface area contributed by atoms with Crippen molar-refractivity contribution < 1.29 is 4.74 Å². The van der Waals surface area contributed by atoms with Crippen LogP contribution in [0.4, 0.5) is 5.69 Å². The Kier molecular flexibility index (Phi) is 3.61. The SMILES string of the molecule is CN(C)c1ccc(OC23c4ccccc4C(c4ccccc42)c2ccccc23)cc1. The Morgan fingerprint density at radius 3 is 1.47 bits per heavy atom. The maximum absolute atomic E-state index is 7.03. The predicted octanol–water partition coefficient (Wildman–Crippen LogP) is 5.93. The van der Waals surface area contributed by atoms with Gasteiger partial charge in [0.15, 0.2) is 5.60 Å². The smallest absolute Gasteiger partial charge is 0.185 e. The zero-order chi connectivity index (χ0) is 20.3. The molecular weight excluding hydrogens is 366 g/mol. The maximum Gasteiger partial charge on any atom is 0.185 e. The van der Waals surface area contributed by atoms with Gasteiger partial charge in [-0.15, -0.1) is 0 Å². The minimum Gasteiger partial charge on any atom is -0.473 e. The fourth-order valence-corrected chi connectivity index (χ4v) is 5.30. The molecule has 3 aliphatic carbocycles. The molecule has 4 aromatic rings. The van der Waals surface area contributed by atoms with E-state index in [1.54, 1.807) is 0 Å². The van der Waals surface area contributed by atoms with Gasteiger partial charge in [-0.1, -0.05) is 72.8 Å². The molecule has 30 heavy (non-hydrogen) atoms. The third kappa shape index (κ3) is 2.19. The van der Waals surface area contributed by atoms with Crippen LogP contribution in [0.2, 0.25) is 0 Å². The first kappa shape index (κ1) is 17.3. The van der Waals surface area contributed by atoms with Crippen molar-refractivity contribution in [3.63, 3.8) is 0 Å². The molecule has 0 saturated heterocycles. The van der Waals surface area contributed by atoms with E-state index in [0.717, 1.165) is 11.4 Å². The van der Waals surface area contributed by atoms with E-state index in [1.807, 2.05) is 0 Å². The monoisotopic (exact) mass is 389 g/mol. The fourth-order valence-electron chi connectivity index (χ4n) is 5.30. The molecule has 7 rings (SSSR count). The Morgan fingerprint density at radius 1 is 0.600 bits per heavy atom. The van der Waals surface area contributed by atoms with Gasteiger partial charge in [0.25, 0.3) is 0 Å². The number of nitrogens with zero attached hydrogens (tertiary/aromatic N) is 1. The third-order valence-corrected chi connectivity index (χ3v) is 6.58. The summed E-state index contributed by atoms with van der Waals surface area (Å²) >= 11 is 0. The van der Waals surface area contributed by atoms with E-state index in [9.17, 15) is 0 Å². The normalized spacial score (nSPS) is 20.1. The molecule has 0 aromatic heterocycles. The van der Waals surface area contributed by atoms with Crippen LogP contribution in [0.15, 0.2) is 97.1 Å². The van der Waals surface area contributed by atoms with Crippen LogP contribution in [0.5, 0.6) is 5.75 Å². The molecule has 0 spiro atoms. The van der Waals surface area contributed by atoms with Gasteiger partial charge in [-0.25, -0.2) is 0 Å². The van der Waals surface area contributed by atoms with E-state index < -0.39 is 5.60 Å². The summed E-state index contributed by atoms with van der Waals surface area (Å²) in [5.41, 5.74) is 8.32. The van der Waals surface area contributed by atoms with E-state index in [4.69, 9.17) is 4.74 Å². The summed E-state index contributed by atoms with van der Waals surface area (Å²) in [6, 6.07) is 34.7. The molecule has 0 amide bonds. The zero-order valence-corrected chi connectivity index (χ0v) is 17.2. The van der Waals surface area contributed by atoms with Crippen LogP contribution < -0.4 is 9.64 Å². The van der Waals surface area contributed by atoms with E-state index >= 15 is 0 Å². The standard InChI is InChI=1S/C28H23NO/c1-29(2)19-15-17-20(18-16-19)30-28-24-12-6-3-9-21(24)27(22-10-4-7-13-25(22)28)23-11-5-8-14-26(23)28/h3-18,27H,1-2H3. The van der Waals surface area contributed by atoms with Gasteiger partial charge in [-0.05, 0) is 41.0 Å². The van der Waals surface area contributed by atoms with Crippen LogP contribution in [-0.2, 0) is 5.60 Å². The summed E-state index contributed by atoms with van der Waals surface area (Å²) in [4.78, 5) is 2.10. The molecule has 4 aromatic carbocycles. The topological polar surface area (TPSA) is 12.5 Å². The van der Waals surface area contributed by atoms with E-state index in [-0.39, 0.29) is 5.92 Å². The molecular formula is C28H23NO. The van der Waals surface area contributed by atoms with Crippen molar-refractivity contribution in [2.24, 2.45) is 0 Å². The minimum atomic E-state index is -0.641. The Hall–Kier alpha value is -3.52. The fraction of sp³-hybridized carbons (Fsp3) is 0.143. The first-order chi connectivity index (χ1) is 14.7. The van der Waals surface area contributed by atoms with E-state index in [1.165, 1.54) is 33.4 Å². The highest BCUT2D eigenvalue weighted by Gasteiger charge is 2.53. The number of rotatable bonds is 3. The number of benzene rings is 4. The molecule has 0 radical (unpaired) electrons. The van der Waals surface area contributed by atoms with Crippen LogP contribution in [0.3, 0.4) is 0 Å². The number of hydrogen-bond donors (Lipinski definition) is 0. The van der Waals surface area contributed by atoms with Gasteiger partial charge >= 0.3 is 0 Å². The second-order valence-corrected chi connectivity index (χ2v) is 8.37. The molecule has 0 N–H and O–H groups in total. The van der Waals surface area contributed by atoms with Gasteiger partial charge < -0.3 is 9.64 Å². The summed E-state index contributed by atoms with van der Waals surface area (Å²) in [6.07, 6.45) is 0. The van der Waals surface area contributed by atoms with Crippen LogP contribution in [0.25, 0.3) is 0 Å². The number of ether oxygens (including phenoxy) is 1. The highest BCUT2D eigenvalue weighted by atomic mass is 16.5. The van der Waals surface area contributed by atoms with E-state index in [2.05, 4.69) is 116 Å². The lowest BCUT2D eigenvalue weighted by Gasteiger charge is -2.50. The average Bonchev–Trinajstić information content (AvgIpc) is 2.80. The molecule has 0 saturated carbocycles. The first-order valence-electron chi connectivity index (χ1n) is 10.4. The quantitative estimate of drug-likeness (QED) is 0.430. The average molecular weight is 389 g/mol. The Bertz CT molecular complexity index is 1140. The largest absolute Gasteiger partial charge is 0.473 e. The lowest BCUT2D eigenvalue weighted by molar-refractivity contribution is 0.142. The van der Waals surface area contributed by atoms with Gasteiger partial charge in [0.1, 0.15) is 5.75 Å². The summed E-state index contributed by atoms with van der Waals surface area (Å²) in [5, 5.41) is 0. The Morgan fingerprint density at radius 2 is 1.03 bits per heavy atom. The summed E-state index contributed by atoms with van der Waals surface area (Å²) < 4.78 is 7.03. The molecule has 146 valence electrons. The van der Waals surface area contributed by atoms with Crippen molar-refractivity contribution in [2.75, 3.05) is 19.0 Å². The third-order valence-electron chi connectivity index (χ3n) is 6.58. The van der Waals surface area contributed by atoms with E-state index in [0.29, 0.717) is 0 Å². The van der Waals surface area contributed by atoms with Gasteiger partial charge in [-0.2, -0.15) is 0 Å². The van der Waals surface area contributed by atoms with Crippen LogP contribution in [0.1, 0.15) is 39.3 Å². The highest BCUT2D eigenvalue weighted by molar-refractivity contribution is 5.70. The van der Waals surface area contributed by atoms with Gasteiger partial charge in [-0.3, -0.25) is 0 Å². The minimum absolute atomic E-state index is 0.259. The first-order valence-corrected chi connectivity index (χ1v) is 10.4. The number of hydrogen-bond acceptors (Lipinski definition) is 2. The Labute approximate surface area is 177 Å². The molecule has 0 aliphatic heterocycles. The summed E-state index contributed by atoms with van der Waals surface area (Å²) in [5.74, 6) is 1.13. The van der Waals surface area contributed by atoms with Crippen molar-refractivity contribution >= 4 is 5.69 Å². The molecule has 0 fully saturated rings. The second kappa shape index (κ2) is 6.24. The van der Waals surface area contributed by atoms with Crippen molar-refractivity contribution in [1.82, 2.24) is 0 Å². The van der Waals surface area contributed by atoms with Gasteiger partial charge in [0.05, 0.1) is 0 Å². The van der Waals surface area contributed by atoms with Crippen molar-refractivity contribution in [2.45, 2.75) is 11.5 Å². The molecule has 2 heteroatoms. The molecule has 0 unspecified atom stereocenters. The zero-order valence-electron chi connectivity index (χ0n) is 17.2. The Balaban J connectivity index is 1.64.